The number of hydrogen-bond donors (Lipinski definition) is 0. The fraction of sp³-hybridized carbons (Fsp3) is 0.429. The summed E-state index contributed by atoms with van der Waals surface area (Å²) in [5, 5.41) is 2.88. The molecule has 0 amide bonds. The predicted octanol–water partition coefficient (Wildman–Crippen LogP) is 4.51. The zero-order chi connectivity index (χ0) is 16.3. The Morgan fingerprint density at radius 3 is 1.61 bits per heavy atom. The van der Waals surface area contributed by atoms with Crippen molar-refractivity contribution in [2.24, 2.45) is 0 Å². The van der Waals surface area contributed by atoms with Crippen LogP contribution in [0.4, 0.5) is 0 Å². The lowest BCUT2D eigenvalue weighted by atomic mass is 10.2. The first kappa shape index (κ1) is 16.5. The van der Waals surface area contributed by atoms with E-state index in [1.54, 1.807) is 0 Å². The second-order valence-corrected chi connectivity index (χ2v) is 11.9. The molecule has 2 heteroatoms. The fourth-order valence-electron chi connectivity index (χ4n) is 3.95. The van der Waals surface area contributed by atoms with Crippen molar-refractivity contribution < 1.29 is 4.43 Å². The van der Waals surface area contributed by atoms with Crippen LogP contribution < -0.4 is 10.4 Å². The Balaban J connectivity index is 2.16. The topological polar surface area (TPSA) is 9.23 Å². The standard InChI is InChI=1S/C21H28OSi/c1-21(2,3)23(19-14-6-4-7-15-19,20-16-8-5-9-17-20)22-18-12-10-11-13-18/h4-9,14-18H,10-13H2,1-3H3. The van der Waals surface area contributed by atoms with Crippen LogP contribution in [-0.4, -0.2) is 14.4 Å². The lowest BCUT2D eigenvalue weighted by Crippen LogP contribution is -2.67. The second kappa shape index (κ2) is 6.62. The molecule has 2 aromatic rings. The molecular weight excluding hydrogens is 296 g/mol. The van der Waals surface area contributed by atoms with E-state index in [-0.39, 0.29) is 5.04 Å². The van der Waals surface area contributed by atoms with Crippen molar-refractivity contribution in [3.05, 3.63) is 60.7 Å². The Morgan fingerprint density at radius 1 is 0.783 bits per heavy atom. The fourth-order valence-corrected chi connectivity index (χ4v) is 8.70. The molecule has 1 nitrogen and oxygen atoms in total. The van der Waals surface area contributed by atoms with Crippen LogP contribution in [0.5, 0.6) is 0 Å². The van der Waals surface area contributed by atoms with Crippen molar-refractivity contribution in [2.75, 3.05) is 0 Å². The molecule has 0 spiro atoms. The predicted molar refractivity (Wildman–Crippen MR) is 101 cm³/mol. The van der Waals surface area contributed by atoms with E-state index in [0.717, 1.165) is 0 Å². The summed E-state index contributed by atoms with van der Waals surface area (Å²) in [5.41, 5.74) is 0. The molecule has 3 rings (SSSR count). The van der Waals surface area contributed by atoms with E-state index in [1.165, 1.54) is 36.1 Å². The van der Waals surface area contributed by atoms with Gasteiger partial charge in [-0.25, -0.2) is 0 Å². The highest BCUT2D eigenvalue weighted by molar-refractivity contribution is 6.99. The Kier molecular flexibility index (Phi) is 4.74. The minimum Gasteiger partial charge on any atom is -0.404 e. The van der Waals surface area contributed by atoms with Crippen LogP contribution >= 0.6 is 0 Å². The summed E-state index contributed by atoms with van der Waals surface area (Å²) >= 11 is 0. The maximum Gasteiger partial charge on any atom is 0.261 e. The molecule has 1 aliphatic rings. The third kappa shape index (κ3) is 3.15. The van der Waals surface area contributed by atoms with Crippen LogP contribution in [-0.2, 0) is 4.43 Å². The van der Waals surface area contributed by atoms with Crippen LogP contribution in [0.25, 0.3) is 0 Å². The summed E-state index contributed by atoms with van der Waals surface area (Å²) in [4.78, 5) is 0. The first-order valence-electron chi connectivity index (χ1n) is 8.83. The van der Waals surface area contributed by atoms with Gasteiger partial charge in [0.05, 0.1) is 0 Å². The minimum absolute atomic E-state index is 0.0955. The molecular formula is C21H28OSi. The Hall–Kier alpha value is -1.38. The van der Waals surface area contributed by atoms with Crippen LogP contribution in [0.3, 0.4) is 0 Å². The van der Waals surface area contributed by atoms with Gasteiger partial charge in [0.15, 0.2) is 0 Å². The van der Waals surface area contributed by atoms with Gasteiger partial charge >= 0.3 is 0 Å². The van der Waals surface area contributed by atoms with Crippen molar-refractivity contribution >= 4 is 18.7 Å². The van der Waals surface area contributed by atoms with Crippen molar-refractivity contribution in [1.29, 1.82) is 0 Å². The van der Waals surface area contributed by atoms with Crippen molar-refractivity contribution in [3.8, 4) is 0 Å². The molecule has 0 bridgehead atoms. The zero-order valence-electron chi connectivity index (χ0n) is 14.6. The number of benzene rings is 2. The molecule has 0 unspecified atom stereocenters. The second-order valence-electron chi connectivity index (χ2n) is 7.69. The monoisotopic (exact) mass is 324 g/mol. The molecule has 1 fully saturated rings. The smallest absolute Gasteiger partial charge is 0.261 e. The first-order valence-corrected chi connectivity index (χ1v) is 10.7. The van der Waals surface area contributed by atoms with E-state index in [1.807, 2.05) is 0 Å². The molecule has 0 aliphatic heterocycles. The van der Waals surface area contributed by atoms with Crippen LogP contribution in [0.2, 0.25) is 5.04 Å². The maximum absolute atomic E-state index is 7.07. The average Bonchev–Trinajstić information content (AvgIpc) is 3.06. The number of hydrogen-bond acceptors (Lipinski definition) is 1. The van der Waals surface area contributed by atoms with Crippen LogP contribution in [0, 0.1) is 0 Å². The molecule has 23 heavy (non-hydrogen) atoms. The van der Waals surface area contributed by atoms with Gasteiger partial charge in [0.25, 0.3) is 8.32 Å². The summed E-state index contributed by atoms with van der Waals surface area (Å²) in [5.74, 6) is 0. The highest BCUT2D eigenvalue weighted by Crippen LogP contribution is 2.39. The van der Waals surface area contributed by atoms with Gasteiger partial charge in [0.1, 0.15) is 0 Å². The summed E-state index contributed by atoms with van der Waals surface area (Å²) in [7, 11) is -2.31. The summed E-state index contributed by atoms with van der Waals surface area (Å²) in [6.07, 6.45) is 5.46. The Labute approximate surface area is 141 Å². The molecule has 122 valence electrons. The van der Waals surface area contributed by atoms with Crippen LogP contribution in [0.15, 0.2) is 60.7 Å². The van der Waals surface area contributed by atoms with E-state index in [2.05, 4.69) is 81.4 Å². The molecule has 0 heterocycles. The van der Waals surface area contributed by atoms with Gasteiger partial charge in [-0.15, -0.1) is 0 Å². The van der Waals surface area contributed by atoms with Gasteiger partial charge in [0, 0.05) is 6.10 Å². The summed E-state index contributed by atoms with van der Waals surface area (Å²) in [6.45, 7) is 7.07. The van der Waals surface area contributed by atoms with Gasteiger partial charge < -0.3 is 4.43 Å². The third-order valence-corrected chi connectivity index (χ3v) is 10.2. The van der Waals surface area contributed by atoms with Gasteiger partial charge in [-0.1, -0.05) is 94.3 Å². The molecule has 0 atom stereocenters. The van der Waals surface area contributed by atoms with Gasteiger partial charge in [-0.05, 0) is 28.3 Å². The molecule has 2 aromatic carbocycles. The lowest BCUT2D eigenvalue weighted by molar-refractivity contribution is 0.195. The highest BCUT2D eigenvalue weighted by atomic mass is 28.4. The summed E-state index contributed by atoms with van der Waals surface area (Å²) < 4.78 is 7.07. The first-order chi connectivity index (χ1) is 11.0. The normalized spacial score (nSPS) is 16.7. The van der Waals surface area contributed by atoms with Crippen molar-refractivity contribution in [3.63, 3.8) is 0 Å². The maximum atomic E-state index is 7.07. The highest BCUT2D eigenvalue weighted by Gasteiger charge is 2.51. The molecule has 0 N–H and O–H groups in total. The average molecular weight is 325 g/mol. The van der Waals surface area contributed by atoms with Crippen molar-refractivity contribution in [1.82, 2.24) is 0 Å². The molecule has 1 aliphatic carbocycles. The molecule has 0 saturated heterocycles. The quantitative estimate of drug-likeness (QED) is 0.752. The molecule has 1 saturated carbocycles. The molecule has 0 aromatic heterocycles. The Morgan fingerprint density at radius 2 is 1.22 bits per heavy atom. The van der Waals surface area contributed by atoms with E-state index >= 15 is 0 Å². The van der Waals surface area contributed by atoms with Gasteiger partial charge in [0.2, 0.25) is 0 Å². The largest absolute Gasteiger partial charge is 0.404 e. The van der Waals surface area contributed by atoms with Gasteiger partial charge in [-0.3, -0.25) is 0 Å². The van der Waals surface area contributed by atoms with E-state index in [4.69, 9.17) is 4.43 Å². The van der Waals surface area contributed by atoms with Crippen molar-refractivity contribution in [2.45, 2.75) is 57.6 Å². The summed E-state index contributed by atoms with van der Waals surface area (Å²) in [6, 6.07) is 21.9. The van der Waals surface area contributed by atoms with Crippen LogP contribution in [0.1, 0.15) is 46.5 Å². The van der Waals surface area contributed by atoms with E-state index < -0.39 is 8.32 Å². The van der Waals surface area contributed by atoms with E-state index in [0.29, 0.717) is 6.10 Å². The number of rotatable bonds is 4. The third-order valence-electron chi connectivity index (χ3n) is 5.06. The molecule has 0 radical (unpaired) electrons. The Bertz CT molecular complexity index is 570. The minimum atomic E-state index is -2.31. The van der Waals surface area contributed by atoms with Gasteiger partial charge in [-0.2, -0.15) is 0 Å². The van der Waals surface area contributed by atoms with E-state index in [9.17, 15) is 0 Å². The lowest BCUT2D eigenvalue weighted by Gasteiger charge is -2.44. The SMILES string of the molecule is CC(C)(C)[Si](OC1CCCC1)(c1ccccc1)c1ccccc1. The zero-order valence-corrected chi connectivity index (χ0v) is 15.6.